The number of benzene rings is 1. The Balaban J connectivity index is 3.11. The Morgan fingerprint density at radius 1 is 1.40 bits per heavy atom. The zero-order chi connectivity index (χ0) is 15.0. The lowest BCUT2D eigenvalue weighted by atomic mass is 10.1. The maximum absolute atomic E-state index is 9.51. The summed E-state index contributed by atoms with van der Waals surface area (Å²) in [4.78, 5) is 3.32. The van der Waals surface area contributed by atoms with Gasteiger partial charge in [-0.15, -0.1) is 11.8 Å². The highest BCUT2D eigenvalue weighted by molar-refractivity contribution is 7.99. The van der Waals surface area contributed by atoms with Crippen molar-refractivity contribution in [2.75, 3.05) is 37.5 Å². The van der Waals surface area contributed by atoms with Gasteiger partial charge < -0.3 is 9.64 Å². The fourth-order valence-corrected chi connectivity index (χ4v) is 2.90. The minimum Gasteiger partial charge on any atom is -0.383 e. The molecule has 0 aromatic heterocycles. The SMILES string of the molecule is CCSc1cccc(N(CCOC)CC(C)C)c1C#N. The second-order valence-corrected chi connectivity index (χ2v) is 6.33. The monoisotopic (exact) mass is 292 g/mol. The van der Waals surface area contributed by atoms with Crippen molar-refractivity contribution >= 4 is 17.4 Å². The van der Waals surface area contributed by atoms with E-state index in [1.165, 1.54) is 0 Å². The standard InChI is InChI=1S/C16H24N2OS/c1-5-20-16-8-6-7-15(14(16)11-17)18(9-10-19-4)12-13(2)3/h6-8,13H,5,9-10,12H2,1-4H3. The summed E-state index contributed by atoms with van der Waals surface area (Å²) in [6.07, 6.45) is 0. The molecular weight excluding hydrogens is 268 g/mol. The molecule has 0 spiro atoms. The number of hydrogen-bond acceptors (Lipinski definition) is 4. The molecule has 0 aliphatic rings. The van der Waals surface area contributed by atoms with Gasteiger partial charge in [0.2, 0.25) is 0 Å². The summed E-state index contributed by atoms with van der Waals surface area (Å²) in [5, 5.41) is 9.51. The van der Waals surface area contributed by atoms with Gasteiger partial charge in [0, 0.05) is 25.1 Å². The fraction of sp³-hybridized carbons (Fsp3) is 0.562. The first kappa shape index (κ1) is 16.9. The predicted octanol–water partition coefficient (Wildman–Crippen LogP) is 3.78. The van der Waals surface area contributed by atoms with E-state index in [1.54, 1.807) is 18.9 Å². The molecule has 1 aromatic carbocycles. The van der Waals surface area contributed by atoms with Crippen molar-refractivity contribution in [2.45, 2.75) is 25.7 Å². The molecule has 1 rings (SSSR count). The van der Waals surface area contributed by atoms with Gasteiger partial charge in [-0.3, -0.25) is 0 Å². The number of nitriles is 1. The van der Waals surface area contributed by atoms with E-state index in [-0.39, 0.29) is 0 Å². The van der Waals surface area contributed by atoms with Crippen molar-refractivity contribution in [3.8, 4) is 6.07 Å². The number of rotatable bonds is 8. The number of anilines is 1. The van der Waals surface area contributed by atoms with E-state index in [2.05, 4.69) is 31.7 Å². The minimum absolute atomic E-state index is 0.542. The lowest BCUT2D eigenvalue weighted by Gasteiger charge is -2.28. The van der Waals surface area contributed by atoms with E-state index in [0.29, 0.717) is 12.5 Å². The Labute approximate surface area is 126 Å². The molecule has 0 unspecified atom stereocenters. The third-order valence-corrected chi connectivity index (χ3v) is 3.85. The minimum atomic E-state index is 0.542. The first-order valence-corrected chi connectivity index (χ1v) is 8.02. The molecule has 0 amide bonds. The van der Waals surface area contributed by atoms with E-state index < -0.39 is 0 Å². The number of ether oxygens (including phenoxy) is 1. The molecule has 0 aliphatic heterocycles. The lowest BCUT2D eigenvalue weighted by Crippen LogP contribution is -2.31. The summed E-state index contributed by atoms with van der Waals surface area (Å²) in [5.74, 6) is 1.52. The summed E-state index contributed by atoms with van der Waals surface area (Å²) in [6, 6.07) is 8.48. The van der Waals surface area contributed by atoms with Crippen LogP contribution >= 0.6 is 11.8 Å². The Morgan fingerprint density at radius 3 is 2.70 bits per heavy atom. The molecule has 0 radical (unpaired) electrons. The quantitative estimate of drug-likeness (QED) is 0.683. The summed E-state index contributed by atoms with van der Waals surface area (Å²) in [7, 11) is 1.71. The van der Waals surface area contributed by atoms with E-state index in [0.717, 1.165) is 35.0 Å². The summed E-state index contributed by atoms with van der Waals surface area (Å²) >= 11 is 1.72. The second kappa shape index (κ2) is 8.89. The van der Waals surface area contributed by atoms with E-state index in [9.17, 15) is 5.26 Å². The van der Waals surface area contributed by atoms with Crippen LogP contribution in [0, 0.1) is 17.2 Å². The fourth-order valence-electron chi connectivity index (χ4n) is 2.12. The van der Waals surface area contributed by atoms with Crippen LogP contribution in [0.1, 0.15) is 26.3 Å². The highest BCUT2D eigenvalue weighted by Crippen LogP contribution is 2.30. The molecule has 0 fully saturated rings. The normalized spacial score (nSPS) is 10.6. The molecular formula is C16H24N2OS. The van der Waals surface area contributed by atoms with Gasteiger partial charge in [0.15, 0.2) is 0 Å². The Bertz CT molecular complexity index is 454. The smallest absolute Gasteiger partial charge is 0.103 e. The summed E-state index contributed by atoms with van der Waals surface area (Å²) < 4.78 is 5.20. The zero-order valence-corrected chi connectivity index (χ0v) is 13.7. The van der Waals surface area contributed by atoms with Crippen molar-refractivity contribution in [3.05, 3.63) is 23.8 Å². The van der Waals surface area contributed by atoms with E-state index in [4.69, 9.17) is 4.74 Å². The van der Waals surface area contributed by atoms with Gasteiger partial charge in [-0.2, -0.15) is 5.26 Å². The van der Waals surface area contributed by atoms with Crippen molar-refractivity contribution < 1.29 is 4.74 Å². The molecule has 0 bridgehead atoms. The first-order chi connectivity index (χ1) is 9.63. The lowest BCUT2D eigenvalue weighted by molar-refractivity contribution is 0.204. The molecule has 20 heavy (non-hydrogen) atoms. The van der Waals surface area contributed by atoms with Gasteiger partial charge >= 0.3 is 0 Å². The molecule has 0 saturated heterocycles. The van der Waals surface area contributed by atoms with Crippen molar-refractivity contribution in [1.29, 1.82) is 5.26 Å². The van der Waals surface area contributed by atoms with Crippen molar-refractivity contribution in [3.63, 3.8) is 0 Å². The van der Waals surface area contributed by atoms with Crippen LogP contribution in [0.2, 0.25) is 0 Å². The summed E-state index contributed by atoms with van der Waals surface area (Å²) in [6.45, 7) is 8.90. The molecule has 0 N–H and O–H groups in total. The molecule has 4 heteroatoms. The average molecular weight is 292 g/mol. The first-order valence-electron chi connectivity index (χ1n) is 7.03. The second-order valence-electron chi connectivity index (χ2n) is 5.03. The molecule has 0 atom stereocenters. The Hall–Kier alpha value is -1.18. The van der Waals surface area contributed by atoms with Crippen LogP contribution in [-0.4, -0.2) is 32.6 Å². The third-order valence-electron chi connectivity index (χ3n) is 2.91. The van der Waals surface area contributed by atoms with Gasteiger partial charge in [-0.25, -0.2) is 0 Å². The van der Waals surface area contributed by atoms with Crippen LogP contribution in [-0.2, 0) is 4.74 Å². The largest absolute Gasteiger partial charge is 0.383 e. The van der Waals surface area contributed by atoms with Crippen LogP contribution in [0.25, 0.3) is 0 Å². The van der Waals surface area contributed by atoms with Crippen LogP contribution in [0.5, 0.6) is 0 Å². The van der Waals surface area contributed by atoms with Gasteiger partial charge in [0.05, 0.1) is 17.9 Å². The maximum atomic E-state index is 9.51. The maximum Gasteiger partial charge on any atom is 0.103 e. The van der Waals surface area contributed by atoms with Gasteiger partial charge in [-0.05, 0) is 23.8 Å². The summed E-state index contributed by atoms with van der Waals surface area (Å²) in [5.41, 5.74) is 1.81. The molecule has 0 aliphatic carbocycles. The third kappa shape index (κ3) is 4.73. The number of methoxy groups -OCH3 is 1. The van der Waals surface area contributed by atoms with E-state index in [1.807, 2.05) is 18.2 Å². The number of hydrogen-bond donors (Lipinski definition) is 0. The van der Waals surface area contributed by atoms with Crippen LogP contribution in [0.15, 0.2) is 23.1 Å². The number of nitrogens with zero attached hydrogens (tertiary/aromatic N) is 2. The van der Waals surface area contributed by atoms with Crippen LogP contribution in [0.4, 0.5) is 5.69 Å². The average Bonchev–Trinajstić information content (AvgIpc) is 2.43. The topological polar surface area (TPSA) is 36.3 Å². The molecule has 0 saturated carbocycles. The van der Waals surface area contributed by atoms with Crippen molar-refractivity contribution in [2.24, 2.45) is 5.92 Å². The molecule has 110 valence electrons. The van der Waals surface area contributed by atoms with Gasteiger partial charge in [0.25, 0.3) is 0 Å². The van der Waals surface area contributed by atoms with Crippen LogP contribution < -0.4 is 4.90 Å². The Kier molecular flexibility index (Phi) is 7.50. The van der Waals surface area contributed by atoms with Gasteiger partial charge in [0.1, 0.15) is 6.07 Å². The molecule has 0 heterocycles. The number of thioether (sulfide) groups is 1. The Morgan fingerprint density at radius 2 is 2.15 bits per heavy atom. The zero-order valence-electron chi connectivity index (χ0n) is 12.8. The highest BCUT2D eigenvalue weighted by Gasteiger charge is 2.15. The highest BCUT2D eigenvalue weighted by atomic mass is 32.2. The van der Waals surface area contributed by atoms with Crippen LogP contribution in [0.3, 0.4) is 0 Å². The molecule has 3 nitrogen and oxygen atoms in total. The van der Waals surface area contributed by atoms with Crippen molar-refractivity contribution in [1.82, 2.24) is 0 Å². The van der Waals surface area contributed by atoms with Gasteiger partial charge in [-0.1, -0.05) is 26.8 Å². The predicted molar refractivity (Wildman–Crippen MR) is 86.5 cm³/mol. The molecule has 1 aromatic rings. The van der Waals surface area contributed by atoms with E-state index >= 15 is 0 Å².